The molecular weight excluding hydrogens is 446 g/mol. The van der Waals surface area contributed by atoms with Gasteiger partial charge in [-0.2, -0.15) is 0 Å². The number of aliphatic hydroxyl groups excluding tert-OH is 1. The van der Waals surface area contributed by atoms with Crippen LogP contribution in [0, 0.1) is 13.8 Å². The summed E-state index contributed by atoms with van der Waals surface area (Å²) >= 11 is 6.21. The van der Waals surface area contributed by atoms with E-state index < -0.39 is 23.7 Å². The summed E-state index contributed by atoms with van der Waals surface area (Å²) in [6.07, 6.45) is 0.645. The van der Waals surface area contributed by atoms with Crippen LogP contribution in [0.1, 0.15) is 45.3 Å². The summed E-state index contributed by atoms with van der Waals surface area (Å²) < 4.78 is 4.80. The number of aromatic nitrogens is 1. The second kappa shape index (κ2) is 9.80. The zero-order valence-corrected chi connectivity index (χ0v) is 20.1. The zero-order valence-electron chi connectivity index (χ0n) is 19.4. The van der Waals surface area contributed by atoms with E-state index in [9.17, 15) is 19.5 Å². The molecule has 1 fully saturated rings. The lowest BCUT2D eigenvalue weighted by Crippen LogP contribution is -2.32. The minimum Gasteiger partial charge on any atom is -0.507 e. The molecule has 8 nitrogen and oxygen atoms in total. The average molecular weight is 474 g/mol. The number of Topliss-reactive ketones (excluding diaryl/α,β-unsaturated/α-hetero) is 1. The first kappa shape index (κ1) is 24.5. The van der Waals surface area contributed by atoms with E-state index in [0.717, 1.165) is 6.54 Å². The molecule has 1 aliphatic heterocycles. The van der Waals surface area contributed by atoms with Gasteiger partial charge in [0.15, 0.2) is 0 Å². The van der Waals surface area contributed by atoms with E-state index in [1.807, 2.05) is 19.0 Å². The van der Waals surface area contributed by atoms with E-state index in [1.54, 1.807) is 38.1 Å². The maximum absolute atomic E-state index is 13.2. The highest BCUT2D eigenvalue weighted by Gasteiger charge is 2.46. The van der Waals surface area contributed by atoms with E-state index in [1.165, 1.54) is 12.0 Å². The molecule has 1 aromatic carbocycles. The number of likely N-dealkylation sites (tertiary alicyclic amines) is 1. The van der Waals surface area contributed by atoms with Crippen LogP contribution in [0.4, 0.5) is 0 Å². The Morgan fingerprint density at radius 1 is 1.27 bits per heavy atom. The molecule has 176 valence electrons. The number of nitrogens with zero attached hydrogens (tertiary/aromatic N) is 2. The van der Waals surface area contributed by atoms with Gasteiger partial charge >= 0.3 is 5.97 Å². The van der Waals surface area contributed by atoms with Gasteiger partial charge in [0.2, 0.25) is 0 Å². The molecule has 0 unspecified atom stereocenters. The number of carbonyl (C=O) groups excluding carboxylic acids is 3. The fraction of sp³-hybridized carbons (Fsp3) is 0.375. The number of hydrogen-bond donors (Lipinski definition) is 2. The third-order valence-corrected chi connectivity index (χ3v) is 6.01. The molecule has 1 aromatic heterocycles. The van der Waals surface area contributed by atoms with Gasteiger partial charge in [-0.15, -0.1) is 0 Å². The predicted molar refractivity (Wildman–Crippen MR) is 125 cm³/mol. The minimum atomic E-state index is -0.805. The Morgan fingerprint density at radius 2 is 1.97 bits per heavy atom. The lowest BCUT2D eigenvalue weighted by atomic mass is 9.94. The topological polar surface area (TPSA) is 103 Å². The molecule has 0 saturated carbocycles. The van der Waals surface area contributed by atoms with Crippen molar-refractivity contribution in [2.75, 3.05) is 34.3 Å². The van der Waals surface area contributed by atoms with Crippen molar-refractivity contribution in [2.24, 2.45) is 0 Å². The normalized spacial score (nSPS) is 17.8. The number of carbonyl (C=O) groups is 3. The molecule has 0 bridgehead atoms. The SMILES string of the molecule is COC(=O)c1[nH]c(C)c(C(O)=C2C(=O)C(=O)N(CCCN(C)C)[C@@H]2c2cccc(Cl)c2)c1C. The van der Waals surface area contributed by atoms with Crippen molar-refractivity contribution in [1.29, 1.82) is 0 Å². The first-order chi connectivity index (χ1) is 15.6. The van der Waals surface area contributed by atoms with E-state index >= 15 is 0 Å². The number of amides is 1. The largest absolute Gasteiger partial charge is 0.507 e. The molecule has 1 aliphatic rings. The van der Waals surface area contributed by atoms with Gasteiger partial charge in [-0.25, -0.2) is 4.79 Å². The Hall–Kier alpha value is -3.10. The molecule has 0 radical (unpaired) electrons. The third-order valence-electron chi connectivity index (χ3n) is 5.77. The number of halogens is 1. The van der Waals surface area contributed by atoms with Crippen LogP contribution in [0.3, 0.4) is 0 Å². The number of aryl methyl sites for hydroxylation is 1. The monoisotopic (exact) mass is 473 g/mol. The molecule has 1 saturated heterocycles. The molecule has 2 N–H and O–H groups in total. The molecular formula is C24H28ClN3O5. The van der Waals surface area contributed by atoms with Crippen LogP contribution in [0.5, 0.6) is 0 Å². The summed E-state index contributed by atoms with van der Waals surface area (Å²) in [6, 6.07) is 6.08. The summed E-state index contributed by atoms with van der Waals surface area (Å²) in [5.41, 5.74) is 1.97. The number of methoxy groups -OCH3 is 1. The number of ketones is 1. The maximum atomic E-state index is 13.2. The number of ether oxygens (including phenoxy) is 1. The Balaban J connectivity index is 2.18. The average Bonchev–Trinajstić information content (AvgIpc) is 3.20. The van der Waals surface area contributed by atoms with E-state index in [4.69, 9.17) is 16.3 Å². The molecule has 2 heterocycles. The van der Waals surface area contributed by atoms with Gasteiger partial charge < -0.3 is 24.6 Å². The molecule has 1 amide bonds. The number of benzene rings is 1. The number of esters is 1. The van der Waals surface area contributed by atoms with Crippen LogP contribution < -0.4 is 0 Å². The fourth-order valence-electron chi connectivity index (χ4n) is 4.24. The summed E-state index contributed by atoms with van der Waals surface area (Å²) in [5.74, 6) is -2.39. The van der Waals surface area contributed by atoms with Crippen LogP contribution in [0.25, 0.3) is 5.76 Å². The number of H-pyrrole nitrogens is 1. The van der Waals surface area contributed by atoms with Crippen molar-refractivity contribution in [2.45, 2.75) is 26.3 Å². The number of aromatic amines is 1. The van der Waals surface area contributed by atoms with Gasteiger partial charge in [0.1, 0.15) is 11.5 Å². The zero-order chi connectivity index (χ0) is 24.4. The summed E-state index contributed by atoms with van der Waals surface area (Å²) in [5, 5.41) is 11.8. The highest BCUT2D eigenvalue weighted by Crippen LogP contribution is 2.41. The molecule has 0 spiro atoms. The van der Waals surface area contributed by atoms with Gasteiger partial charge in [-0.05, 0) is 64.2 Å². The number of nitrogens with one attached hydrogen (secondary N) is 1. The maximum Gasteiger partial charge on any atom is 0.354 e. The fourth-order valence-corrected chi connectivity index (χ4v) is 4.44. The van der Waals surface area contributed by atoms with Gasteiger partial charge in [-0.1, -0.05) is 23.7 Å². The van der Waals surface area contributed by atoms with E-state index in [0.29, 0.717) is 40.4 Å². The lowest BCUT2D eigenvalue weighted by Gasteiger charge is -2.26. The van der Waals surface area contributed by atoms with Crippen LogP contribution >= 0.6 is 11.6 Å². The standard InChI is InChI=1S/C24H28ClN3O5/c1-13-17(14(2)26-19(13)24(32)33-5)21(29)18-20(15-8-6-9-16(25)12-15)28(23(31)22(18)30)11-7-10-27(3)4/h6,8-9,12,20,26,29H,7,10-11H2,1-5H3/t20-/m1/s1. The molecule has 2 aromatic rings. The number of aliphatic hydroxyl groups is 1. The molecule has 1 atom stereocenters. The number of rotatable bonds is 7. The van der Waals surface area contributed by atoms with Crippen LogP contribution in [0.2, 0.25) is 5.02 Å². The van der Waals surface area contributed by atoms with Crippen molar-refractivity contribution in [3.05, 3.63) is 62.9 Å². The molecule has 9 heteroatoms. The molecule has 0 aliphatic carbocycles. The Morgan fingerprint density at radius 3 is 2.58 bits per heavy atom. The molecule has 33 heavy (non-hydrogen) atoms. The Kier molecular flexibility index (Phi) is 7.29. The van der Waals surface area contributed by atoms with E-state index in [-0.39, 0.29) is 17.0 Å². The van der Waals surface area contributed by atoms with Gasteiger partial charge in [0.05, 0.1) is 18.7 Å². The van der Waals surface area contributed by atoms with Crippen LogP contribution in [0.15, 0.2) is 29.8 Å². The number of hydrogen-bond acceptors (Lipinski definition) is 6. The second-order valence-corrected chi connectivity index (χ2v) is 8.76. The first-order valence-electron chi connectivity index (χ1n) is 10.5. The van der Waals surface area contributed by atoms with Gasteiger partial charge in [0.25, 0.3) is 11.7 Å². The van der Waals surface area contributed by atoms with Crippen molar-refractivity contribution in [3.8, 4) is 0 Å². The highest BCUT2D eigenvalue weighted by atomic mass is 35.5. The summed E-state index contributed by atoms with van der Waals surface area (Å²) in [6.45, 7) is 4.38. The highest BCUT2D eigenvalue weighted by molar-refractivity contribution is 6.46. The van der Waals surface area contributed by atoms with Gasteiger partial charge in [-0.3, -0.25) is 9.59 Å². The van der Waals surface area contributed by atoms with Gasteiger partial charge in [0, 0.05) is 22.8 Å². The van der Waals surface area contributed by atoms with Crippen molar-refractivity contribution in [1.82, 2.24) is 14.8 Å². The quantitative estimate of drug-likeness (QED) is 0.276. The van der Waals surface area contributed by atoms with Crippen molar-refractivity contribution >= 4 is 35.0 Å². The Bertz CT molecular complexity index is 1140. The lowest BCUT2D eigenvalue weighted by molar-refractivity contribution is -0.139. The third kappa shape index (κ3) is 4.67. The van der Waals surface area contributed by atoms with Crippen molar-refractivity contribution < 1.29 is 24.2 Å². The van der Waals surface area contributed by atoms with Crippen molar-refractivity contribution in [3.63, 3.8) is 0 Å². The Labute approximate surface area is 197 Å². The summed E-state index contributed by atoms with van der Waals surface area (Å²) in [7, 11) is 5.12. The van der Waals surface area contributed by atoms with E-state index in [2.05, 4.69) is 4.98 Å². The van der Waals surface area contributed by atoms with Crippen LogP contribution in [-0.2, 0) is 14.3 Å². The summed E-state index contributed by atoms with van der Waals surface area (Å²) in [4.78, 5) is 44.7. The second-order valence-electron chi connectivity index (χ2n) is 8.32. The minimum absolute atomic E-state index is 0.0336. The first-order valence-corrected chi connectivity index (χ1v) is 10.9. The smallest absolute Gasteiger partial charge is 0.354 e. The van der Waals surface area contributed by atoms with Crippen LogP contribution in [-0.4, -0.2) is 71.8 Å². The molecule has 3 rings (SSSR count). The predicted octanol–water partition coefficient (Wildman–Crippen LogP) is 3.44.